The second-order valence-corrected chi connectivity index (χ2v) is 4.19. The molecule has 2 aromatic rings. The third-order valence-corrected chi connectivity index (χ3v) is 2.80. The maximum absolute atomic E-state index is 5.79. The minimum Gasteiger partial charge on any atom is -0.490 e. The molecule has 0 saturated heterocycles. The van der Waals surface area contributed by atoms with Gasteiger partial charge in [0.05, 0.1) is 6.61 Å². The van der Waals surface area contributed by atoms with Crippen molar-refractivity contribution < 1.29 is 9.47 Å². The van der Waals surface area contributed by atoms with Crippen LogP contribution in [0.2, 0.25) is 0 Å². The van der Waals surface area contributed by atoms with Crippen molar-refractivity contribution in [1.29, 1.82) is 0 Å². The van der Waals surface area contributed by atoms with E-state index in [0.29, 0.717) is 19.8 Å². The van der Waals surface area contributed by atoms with Gasteiger partial charge in [-0.3, -0.25) is 0 Å². The van der Waals surface area contributed by atoms with E-state index in [0.717, 1.165) is 22.6 Å². The largest absolute Gasteiger partial charge is 0.490 e. The summed E-state index contributed by atoms with van der Waals surface area (Å²) < 4.78 is 11.3. The first-order chi connectivity index (χ1) is 9.33. The molecular formula is C16H19NO2. The highest BCUT2D eigenvalue weighted by Gasteiger charge is 2.03. The normalized spacial score (nSPS) is 10.2. The van der Waals surface area contributed by atoms with Crippen LogP contribution in [0.5, 0.6) is 11.5 Å². The zero-order valence-electron chi connectivity index (χ0n) is 11.1. The van der Waals surface area contributed by atoms with Crippen LogP contribution >= 0.6 is 0 Å². The van der Waals surface area contributed by atoms with Gasteiger partial charge in [0, 0.05) is 6.54 Å². The van der Waals surface area contributed by atoms with Crippen molar-refractivity contribution in [2.24, 2.45) is 5.73 Å². The Labute approximate surface area is 114 Å². The molecule has 0 radical (unpaired) electrons. The van der Waals surface area contributed by atoms with E-state index in [1.165, 1.54) is 0 Å². The third kappa shape index (κ3) is 3.73. The number of nitrogens with two attached hydrogens (primary N) is 1. The zero-order chi connectivity index (χ0) is 13.5. The Morgan fingerprint density at radius 1 is 0.842 bits per heavy atom. The van der Waals surface area contributed by atoms with Gasteiger partial charge in [0.15, 0.2) is 11.5 Å². The summed E-state index contributed by atoms with van der Waals surface area (Å²) in [5.74, 6) is 1.55. The molecule has 0 aliphatic carbocycles. The standard InChI is InChI=1S/C16H19NO2/c1-2-18-15-5-3-4-6-16(15)19-12-14-9-7-13(11-17)8-10-14/h3-10H,2,11-12,17H2,1H3. The number of rotatable bonds is 6. The van der Waals surface area contributed by atoms with Crippen molar-refractivity contribution in [3.05, 3.63) is 59.7 Å². The molecule has 0 fully saturated rings. The maximum Gasteiger partial charge on any atom is 0.161 e. The molecule has 19 heavy (non-hydrogen) atoms. The molecule has 0 bridgehead atoms. The van der Waals surface area contributed by atoms with Crippen LogP contribution in [0.1, 0.15) is 18.1 Å². The summed E-state index contributed by atoms with van der Waals surface area (Å²) >= 11 is 0. The molecule has 100 valence electrons. The molecule has 0 saturated carbocycles. The summed E-state index contributed by atoms with van der Waals surface area (Å²) in [5.41, 5.74) is 7.81. The number of para-hydroxylation sites is 2. The van der Waals surface area contributed by atoms with Gasteiger partial charge in [-0.25, -0.2) is 0 Å². The van der Waals surface area contributed by atoms with Crippen molar-refractivity contribution in [3.63, 3.8) is 0 Å². The first-order valence-corrected chi connectivity index (χ1v) is 6.46. The first-order valence-electron chi connectivity index (χ1n) is 6.46. The summed E-state index contributed by atoms with van der Waals surface area (Å²) in [4.78, 5) is 0. The molecule has 0 unspecified atom stereocenters. The summed E-state index contributed by atoms with van der Waals surface area (Å²) in [6.45, 7) is 3.68. The van der Waals surface area contributed by atoms with Crippen LogP contribution in [0, 0.1) is 0 Å². The Bertz CT molecular complexity index is 508. The highest BCUT2D eigenvalue weighted by Crippen LogP contribution is 2.27. The smallest absolute Gasteiger partial charge is 0.161 e. The van der Waals surface area contributed by atoms with Crippen molar-refractivity contribution in [1.82, 2.24) is 0 Å². The topological polar surface area (TPSA) is 44.5 Å². The summed E-state index contributed by atoms with van der Waals surface area (Å²) in [6.07, 6.45) is 0. The van der Waals surface area contributed by atoms with Crippen molar-refractivity contribution in [2.75, 3.05) is 6.61 Å². The highest BCUT2D eigenvalue weighted by molar-refractivity contribution is 5.39. The molecule has 0 atom stereocenters. The lowest BCUT2D eigenvalue weighted by molar-refractivity contribution is 0.269. The lowest BCUT2D eigenvalue weighted by Crippen LogP contribution is -2.00. The van der Waals surface area contributed by atoms with Gasteiger partial charge in [0.25, 0.3) is 0 Å². The summed E-state index contributed by atoms with van der Waals surface area (Å²) in [7, 11) is 0. The average molecular weight is 257 g/mol. The van der Waals surface area contributed by atoms with Crippen LogP contribution < -0.4 is 15.2 Å². The van der Waals surface area contributed by atoms with Crippen LogP contribution in [0.4, 0.5) is 0 Å². The molecule has 0 aliphatic heterocycles. The molecule has 0 aromatic heterocycles. The lowest BCUT2D eigenvalue weighted by Gasteiger charge is -2.11. The van der Waals surface area contributed by atoms with Gasteiger partial charge in [-0.2, -0.15) is 0 Å². The van der Waals surface area contributed by atoms with Gasteiger partial charge < -0.3 is 15.2 Å². The van der Waals surface area contributed by atoms with E-state index in [-0.39, 0.29) is 0 Å². The van der Waals surface area contributed by atoms with E-state index in [1.807, 2.05) is 55.5 Å². The Morgan fingerprint density at radius 2 is 1.42 bits per heavy atom. The molecule has 2 N–H and O–H groups in total. The summed E-state index contributed by atoms with van der Waals surface area (Å²) in [6, 6.07) is 15.8. The zero-order valence-corrected chi connectivity index (χ0v) is 11.1. The molecule has 0 amide bonds. The average Bonchev–Trinajstić information content (AvgIpc) is 2.47. The van der Waals surface area contributed by atoms with Gasteiger partial charge >= 0.3 is 0 Å². The van der Waals surface area contributed by atoms with E-state index in [9.17, 15) is 0 Å². The summed E-state index contributed by atoms with van der Waals surface area (Å²) in [5, 5.41) is 0. The van der Waals surface area contributed by atoms with Gasteiger partial charge in [0.2, 0.25) is 0 Å². The van der Waals surface area contributed by atoms with Crippen molar-refractivity contribution >= 4 is 0 Å². The lowest BCUT2D eigenvalue weighted by atomic mass is 10.1. The Hall–Kier alpha value is -2.00. The molecule has 2 rings (SSSR count). The van der Waals surface area contributed by atoms with Crippen LogP contribution in [0.15, 0.2) is 48.5 Å². The third-order valence-electron chi connectivity index (χ3n) is 2.80. The van der Waals surface area contributed by atoms with E-state index < -0.39 is 0 Å². The van der Waals surface area contributed by atoms with E-state index in [1.54, 1.807) is 0 Å². The second kappa shape index (κ2) is 6.81. The molecule has 3 heteroatoms. The Morgan fingerprint density at radius 3 is 2.00 bits per heavy atom. The van der Waals surface area contributed by atoms with Crippen molar-refractivity contribution in [3.8, 4) is 11.5 Å². The van der Waals surface area contributed by atoms with Gasteiger partial charge in [0.1, 0.15) is 6.61 Å². The van der Waals surface area contributed by atoms with Crippen LogP contribution in [0.3, 0.4) is 0 Å². The first kappa shape index (κ1) is 13.4. The fraction of sp³-hybridized carbons (Fsp3) is 0.250. The SMILES string of the molecule is CCOc1ccccc1OCc1ccc(CN)cc1. The number of ether oxygens (including phenoxy) is 2. The van der Waals surface area contributed by atoms with E-state index >= 15 is 0 Å². The molecule has 2 aromatic carbocycles. The predicted molar refractivity (Wildman–Crippen MR) is 76.3 cm³/mol. The monoisotopic (exact) mass is 257 g/mol. The van der Waals surface area contributed by atoms with Crippen LogP contribution in [-0.2, 0) is 13.2 Å². The minimum atomic E-state index is 0.523. The fourth-order valence-corrected chi connectivity index (χ4v) is 1.78. The van der Waals surface area contributed by atoms with Gasteiger partial charge in [-0.15, -0.1) is 0 Å². The fourth-order valence-electron chi connectivity index (χ4n) is 1.78. The van der Waals surface area contributed by atoms with Gasteiger partial charge in [-0.1, -0.05) is 36.4 Å². The molecule has 3 nitrogen and oxygen atoms in total. The van der Waals surface area contributed by atoms with E-state index in [2.05, 4.69) is 0 Å². The molecular weight excluding hydrogens is 238 g/mol. The minimum absolute atomic E-state index is 0.523. The number of benzene rings is 2. The second-order valence-electron chi connectivity index (χ2n) is 4.19. The van der Waals surface area contributed by atoms with E-state index in [4.69, 9.17) is 15.2 Å². The van der Waals surface area contributed by atoms with Gasteiger partial charge in [-0.05, 0) is 30.2 Å². The van der Waals surface area contributed by atoms with Crippen LogP contribution in [0.25, 0.3) is 0 Å². The molecule has 0 spiro atoms. The Balaban J connectivity index is 2.01. The maximum atomic E-state index is 5.79. The predicted octanol–water partition coefficient (Wildman–Crippen LogP) is 3.12. The Kier molecular flexibility index (Phi) is 4.81. The highest BCUT2D eigenvalue weighted by atomic mass is 16.5. The number of hydrogen-bond acceptors (Lipinski definition) is 3. The quantitative estimate of drug-likeness (QED) is 0.864. The van der Waals surface area contributed by atoms with Crippen LogP contribution in [-0.4, -0.2) is 6.61 Å². The molecule has 0 heterocycles. The number of hydrogen-bond donors (Lipinski definition) is 1. The molecule has 0 aliphatic rings. The van der Waals surface area contributed by atoms with Crippen molar-refractivity contribution in [2.45, 2.75) is 20.1 Å².